The molecular formula is C34H68F6NO4PS2. The molecule has 14 heteroatoms. The second-order valence-corrected chi connectivity index (χ2v) is 17.5. The quantitative estimate of drug-likeness (QED) is 0.0449. The smallest absolute Gasteiger partial charge is 0.202 e. The number of hydrogen-bond acceptors (Lipinski definition) is 4. The van der Waals surface area contributed by atoms with Gasteiger partial charge in [0.15, 0.2) is 0 Å². The van der Waals surface area contributed by atoms with Crippen molar-refractivity contribution in [3.8, 4) is 0 Å². The monoisotopic (exact) mass is 763 g/mol. The van der Waals surface area contributed by atoms with Crippen molar-refractivity contribution in [2.24, 2.45) is 5.41 Å². The molecule has 0 aromatic heterocycles. The highest BCUT2D eigenvalue weighted by Crippen LogP contribution is 2.42. The van der Waals surface area contributed by atoms with E-state index in [0.29, 0.717) is 5.41 Å². The van der Waals surface area contributed by atoms with Gasteiger partial charge in [0.2, 0.25) is 0 Å². The zero-order valence-corrected chi connectivity index (χ0v) is 32.9. The molecule has 0 aliphatic heterocycles. The van der Waals surface area contributed by atoms with Gasteiger partial charge in [0.25, 0.3) is 0 Å². The van der Waals surface area contributed by atoms with Crippen LogP contribution in [-0.2, 0) is 20.0 Å². The lowest BCUT2D eigenvalue weighted by Gasteiger charge is -2.35. The topological polar surface area (TPSA) is 80.3 Å². The number of nitrogens with one attached hydrogen (secondary N) is 1. The third-order valence-electron chi connectivity index (χ3n) is 8.92. The average Bonchev–Trinajstić information content (AvgIpc) is 2.99. The van der Waals surface area contributed by atoms with Gasteiger partial charge in [-0.3, -0.25) is 0 Å². The van der Waals surface area contributed by atoms with Crippen molar-refractivity contribution in [2.75, 3.05) is 6.16 Å². The minimum atomic E-state index is -6.60. The molecule has 0 bridgehead atoms. The predicted molar refractivity (Wildman–Crippen MR) is 192 cm³/mol. The van der Waals surface area contributed by atoms with Gasteiger partial charge in [-0.2, -0.15) is 26.3 Å². The first-order valence-electron chi connectivity index (χ1n) is 18.6. The van der Waals surface area contributed by atoms with Crippen molar-refractivity contribution < 1.29 is 43.2 Å². The van der Waals surface area contributed by atoms with Crippen molar-refractivity contribution in [1.29, 1.82) is 0 Å². The summed E-state index contributed by atoms with van der Waals surface area (Å²) in [6.45, 7) is 7.07. The first-order chi connectivity index (χ1) is 22.4. The first kappa shape index (κ1) is 50.0. The number of sulfonamides is 2. The van der Waals surface area contributed by atoms with Crippen molar-refractivity contribution in [1.82, 2.24) is 4.13 Å². The van der Waals surface area contributed by atoms with Crippen LogP contribution >= 0.6 is 9.24 Å². The summed E-state index contributed by atoms with van der Waals surface area (Å²) in [5, 5.41) is 0. The summed E-state index contributed by atoms with van der Waals surface area (Å²) in [5.41, 5.74) is -11.6. The van der Waals surface area contributed by atoms with Gasteiger partial charge in [0.05, 0.1) is 0 Å². The summed E-state index contributed by atoms with van der Waals surface area (Å²) in [6.07, 6.45) is 41.0. The molecule has 0 rings (SSSR count). The Hall–Kier alpha value is -0.130. The van der Waals surface area contributed by atoms with Gasteiger partial charge in [0.1, 0.15) is 0 Å². The Balaban J connectivity index is 0. The van der Waals surface area contributed by atoms with Crippen LogP contribution in [0.15, 0.2) is 0 Å². The van der Waals surface area contributed by atoms with E-state index in [4.69, 9.17) is 0 Å². The fourth-order valence-electron chi connectivity index (χ4n) is 6.00. The fourth-order valence-corrected chi connectivity index (χ4v) is 8.20. The lowest BCUT2D eigenvalue weighted by Crippen LogP contribution is -2.45. The van der Waals surface area contributed by atoms with Crippen LogP contribution in [0.3, 0.4) is 0 Å². The van der Waals surface area contributed by atoms with Crippen LogP contribution in [0.5, 0.6) is 0 Å². The summed E-state index contributed by atoms with van der Waals surface area (Å²) in [7, 11) is -10.3. The molecule has 1 unspecified atom stereocenters. The highest BCUT2D eigenvalue weighted by atomic mass is 32.3. The summed E-state index contributed by atoms with van der Waals surface area (Å²) in [4.78, 5) is 0. The maximum atomic E-state index is 11.5. The molecule has 1 atom stereocenters. The van der Waals surface area contributed by atoms with Crippen LogP contribution in [-0.4, -0.2) is 34.0 Å². The van der Waals surface area contributed by atoms with Crippen LogP contribution in [0.1, 0.15) is 194 Å². The Morgan fingerprint density at radius 1 is 0.417 bits per heavy atom. The predicted octanol–water partition coefficient (Wildman–Crippen LogP) is 12.7. The number of alkyl halides is 6. The van der Waals surface area contributed by atoms with Gasteiger partial charge in [0, 0.05) is 0 Å². The molecule has 0 fully saturated rings. The molecular weight excluding hydrogens is 695 g/mol. The fraction of sp³-hybridized carbons (Fsp3) is 1.00. The van der Waals surface area contributed by atoms with E-state index in [-0.39, 0.29) is 0 Å². The van der Waals surface area contributed by atoms with Gasteiger partial charge in [-0.1, -0.05) is 166 Å². The maximum absolute atomic E-state index is 11.5. The SMILES string of the molecule is CCCCCCC(CCCCCC)(CCCCCC)CCCCCCCCCCCCCP.O=S(=O)(NS(=O)(=O)C(F)(F)F)C(F)(F)F. The minimum Gasteiger partial charge on any atom is -0.202 e. The number of hydrogen-bond donors (Lipinski definition) is 1. The first-order valence-corrected chi connectivity index (χ1v) is 22.3. The summed E-state index contributed by atoms with van der Waals surface area (Å²) in [6, 6.07) is 0. The molecule has 0 aromatic rings. The molecule has 0 saturated carbocycles. The van der Waals surface area contributed by atoms with Crippen molar-refractivity contribution in [3.63, 3.8) is 0 Å². The lowest BCUT2D eigenvalue weighted by atomic mass is 9.70. The second kappa shape index (κ2) is 28.5. The Bertz CT molecular complexity index is 888. The third kappa shape index (κ3) is 25.8. The lowest BCUT2D eigenvalue weighted by molar-refractivity contribution is -0.0476. The molecule has 0 amide bonds. The average molecular weight is 764 g/mol. The van der Waals surface area contributed by atoms with Gasteiger partial charge in [-0.05, 0) is 43.7 Å². The third-order valence-corrected chi connectivity index (χ3v) is 12.3. The Labute approximate surface area is 292 Å². The van der Waals surface area contributed by atoms with E-state index in [1.165, 1.54) is 180 Å². The van der Waals surface area contributed by atoms with Gasteiger partial charge >= 0.3 is 31.1 Å². The summed E-state index contributed by atoms with van der Waals surface area (Å²) in [5.74, 6) is 0. The number of rotatable bonds is 30. The van der Waals surface area contributed by atoms with Crippen LogP contribution in [0.25, 0.3) is 0 Å². The van der Waals surface area contributed by atoms with E-state index in [9.17, 15) is 43.2 Å². The van der Waals surface area contributed by atoms with Crippen LogP contribution in [0, 0.1) is 5.41 Å². The Morgan fingerprint density at radius 2 is 0.646 bits per heavy atom. The molecule has 0 aliphatic rings. The zero-order valence-electron chi connectivity index (χ0n) is 30.1. The molecule has 0 aromatic carbocycles. The Morgan fingerprint density at radius 3 is 0.875 bits per heavy atom. The van der Waals surface area contributed by atoms with Gasteiger partial charge in [-0.15, -0.1) is 9.24 Å². The minimum absolute atomic E-state index is 0.493. The largest absolute Gasteiger partial charge is 0.512 e. The van der Waals surface area contributed by atoms with Crippen LogP contribution in [0.2, 0.25) is 0 Å². The van der Waals surface area contributed by atoms with Crippen LogP contribution in [0.4, 0.5) is 26.3 Å². The molecule has 0 spiro atoms. The van der Waals surface area contributed by atoms with Crippen molar-refractivity contribution in [2.45, 2.75) is 205 Å². The van der Waals surface area contributed by atoms with Crippen molar-refractivity contribution >= 4 is 29.3 Å². The number of unbranched alkanes of at least 4 members (excludes halogenated alkanes) is 19. The van der Waals surface area contributed by atoms with E-state index in [2.05, 4.69) is 30.0 Å². The second-order valence-electron chi connectivity index (χ2n) is 13.3. The molecule has 0 radical (unpaired) electrons. The molecule has 292 valence electrons. The molecule has 0 heterocycles. The zero-order chi connectivity index (χ0) is 37.0. The summed E-state index contributed by atoms with van der Waals surface area (Å²) < 4.78 is 108. The van der Waals surface area contributed by atoms with E-state index >= 15 is 0 Å². The normalized spacial score (nSPS) is 13.0. The molecule has 0 saturated heterocycles. The maximum Gasteiger partial charge on any atom is 0.512 e. The highest BCUT2D eigenvalue weighted by Gasteiger charge is 2.55. The highest BCUT2D eigenvalue weighted by molar-refractivity contribution is 8.05. The molecule has 1 N–H and O–H groups in total. The molecule has 5 nitrogen and oxygen atoms in total. The molecule has 48 heavy (non-hydrogen) atoms. The standard InChI is InChI=1S/C32H67P.C2HF6NO4S2/c1-4-7-10-22-27-32(28-23-11-8-5-2,29-24-12-9-6-3)30-25-20-18-16-14-13-15-17-19-21-26-31-33;3-1(4,5)14(10,11)9-15(12,13)2(6,7)8/h4-31,33H2,1-3H3;9H. The van der Waals surface area contributed by atoms with E-state index in [0.717, 1.165) is 0 Å². The van der Waals surface area contributed by atoms with E-state index in [1.807, 2.05) is 0 Å². The van der Waals surface area contributed by atoms with Gasteiger partial charge < -0.3 is 0 Å². The molecule has 0 aliphatic carbocycles. The van der Waals surface area contributed by atoms with E-state index < -0.39 is 35.2 Å². The Kier molecular flexibility index (Phi) is 29.6. The van der Waals surface area contributed by atoms with Crippen molar-refractivity contribution in [3.05, 3.63) is 0 Å². The summed E-state index contributed by atoms with van der Waals surface area (Å²) >= 11 is 0. The van der Waals surface area contributed by atoms with E-state index in [1.54, 1.807) is 0 Å². The van der Waals surface area contributed by atoms with Gasteiger partial charge in [-0.25, -0.2) is 16.8 Å². The van der Waals surface area contributed by atoms with Crippen LogP contribution < -0.4 is 4.13 Å². The number of halogens is 6.